The van der Waals surface area contributed by atoms with Gasteiger partial charge in [0, 0.05) is 29.4 Å². The molecule has 3 aromatic rings. The number of nitrogens with one attached hydrogen (secondary N) is 1. The van der Waals surface area contributed by atoms with Crippen LogP contribution in [0.1, 0.15) is 33.9 Å². The van der Waals surface area contributed by atoms with E-state index in [9.17, 15) is 4.79 Å². The number of nitrogens with zero attached hydrogens (tertiary/aromatic N) is 4. The zero-order chi connectivity index (χ0) is 17.3. The van der Waals surface area contributed by atoms with Gasteiger partial charge >= 0.3 is 0 Å². The quantitative estimate of drug-likeness (QED) is 0.745. The fourth-order valence-corrected chi connectivity index (χ4v) is 3.81. The van der Waals surface area contributed by atoms with Crippen molar-refractivity contribution in [2.75, 3.05) is 13.6 Å². The van der Waals surface area contributed by atoms with Crippen LogP contribution in [-0.2, 0) is 13.0 Å². The van der Waals surface area contributed by atoms with Gasteiger partial charge in [0.15, 0.2) is 4.96 Å². The summed E-state index contributed by atoms with van der Waals surface area (Å²) >= 11 is 1.55. The Morgan fingerprint density at radius 2 is 2.12 bits per heavy atom. The Kier molecular flexibility index (Phi) is 4.82. The third-order valence-corrected chi connectivity index (χ3v) is 5.11. The van der Waals surface area contributed by atoms with Gasteiger partial charge in [0.1, 0.15) is 0 Å². The minimum absolute atomic E-state index is 0.00241. The highest BCUT2D eigenvalue weighted by atomic mass is 32.1. The molecule has 3 heterocycles. The third kappa shape index (κ3) is 3.57. The second-order valence-corrected chi connectivity index (χ2v) is 7.55. The van der Waals surface area contributed by atoms with E-state index in [1.807, 2.05) is 20.0 Å². The van der Waals surface area contributed by atoms with Crippen molar-refractivity contribution in [2.24, 2.45) is 0 Å². The first-order valence-electron chi connectivity index (χ1n) is 8.12. The smallest absolute Gasteiger partial charge is 0.258 e. The van der Waals surface area contributed by atoms with E-state index in [0.717, 1.165) is 46.3 Å². The Hall–Kier alpha value is -1.99. The van der Waals surface area contributed by atoms with Crippen LogP contribution in [0.3, 0.4) is 0 Å². The molecule has 1 N–H and O–H groups in total. The lowest BCUT2D eigenvalue weighted by molar-refractivity contribution is 0.318. The molecule has 0 bridgehead atoms. The average Bonchev–Trinajstić information content (AvgIpc) is 3.03. The summed E-state index contributed by atoms with van der Waals surface area (Å²) in [4.78, 5) is 20.8. The van der Waals surface area contributed by atoms with Crippen molar-refractivity contribution < 1.29 is 0 Å². The van der Waals surface area contributed by atoms with Crippen LogP contribution in [0.15, 0.2) is 17.1 Å². The second-order valence-electron chi connectivity index (χ2n) is 6.33. The molecule has 0 amide bonds. The maximum absolute atomic E-state index is 12.1. The van der Waals surface area contributed by atoms with Gasteiger partial charge in [-0.15, -0.1) is 11.3 Å². The predicted molar refractivity (Wildman–Crippen MR) is 96.8 cm³/mol. The van der Waals surface area contributed by atoms with Gasteiger partial charge in [-0.2, -0.15) is 5.10 Å². The molecule has 0 saturated heterocycles. The molecule has 7 heteroatoms. The van der Waals surface area contributed by atoms with Crippen molar-refractivity contribution in [3.63, 3.8) is 0 Å². The molecule has 0 aromatic carbocycles. The third-order valence-electron chi connectivity index (χ3n) is 4.22. The Morgan fingerprint density at radius 3 is 2.83 bits per heavy atom. The number of H-pyrrole nitrogens is 1. The Morgan fingerprint density at radius 1 is 1.33 bits per heavy atom. The summed E-state index contributed by atoms with van der Waals surface area (Å²) in [6.07, 6.45) is 3.91. The van der Waals surface area contributed by atoms with Crippen LogP contribution in [-0.4, -0.2) is 38.1 Å². The Bertz CT molecular complexity index is 888. The van der Waals surface area contributed by atoms with Crippen LogP contribution < -0.4 is 5.56 Å². The molecular formula is C17H23N5OS. The topological polar surface area (TPSA) is 66.3 Å². The zero-order valence-electron chi connectivity index (χ0n) is 14.6. The van der Waals surface area contributed by atoms with Gasteiger partial charge < -0.3 is 4.90 Å². The predicted octanol–water partition coefficient (Wildman–Crippen LogP) is 2.47. The fourth-order valence-electron chi connectivity index (χ4n) is 2.96. The van der Waals surface area contributed by atoms with E-state index in [4.69, 9.17) is 0 Å². The van der Waals surface area contributed by atoms with Crippen LogP contribution in [0.25, 0.3) is 4.96 Å². The van der Waals surface area contributed by atoms with Gasteiger partial charge in [0.25, 0.3) is 5.56 Å². The summed E-state index contributed by atoms with van der Waals surface area (Å²) in [6, 6.07) is 1.64. The lowest BCUT2D eigenvalue weighted by atomic mass is 10.1. The van der Waals surface area contributed by atoms with Crippen molar-refractivity contribution in [3.05, 3.63) is 50.1 Å². The molecule has 0 spiro atoms. The number of rotatable bonds is 6. The van der Waals surface area contributed by atoms with Crippen molar-refractivity contribution in [2.45, 2.75) is 40.2 Å². The van der Waals surface area contributed by atoms with Crippen molar-refractivity contribution in [1.29, 1.82) is 0 Å². The van der Waals surface area contributed by atoms with Crippen molar-refractivity contribution in [3.8, 4) is 0 Å². The molecule has 128 valence electrons. The molecule has 0 aliphatic carbocycles. The molecule has 6 nitrogen and oxygen atoms in total. The first-order chi connectivity index (χ1) is 11.4. The number of hydrogen-bond acceptors (Lipinski definition) is 5. The van der Waals surface area contributed by atoms with E-state index in [-0.39, 0.29) is 5.56 Å². The highest BCUT2D eigenvalue weighted by Gasteiger charge is 2.09. The zero-order valence-corrected chi connectivity index (χ0v) is 15.4. The standard InChI is InChI=1S/C17H23N5OS/c1-11-9-22-16(23)8-14(18-17(22)24-11)10-21(4)7-5-6-15-12(2)19-20-13(15)3/h8-9H,5-7,10H2,1-4H3,(H,19,20). The number of aromatic nitrogens is 4. The summed E-state index contributed by atoms with van der Waals surface area (Å²) in [5.41, 5.74) is 4.39. The van der Waals surface area contributed by atoms with E-state index in [1.165, 1.54) is 5.56 Å². The van der Waals surface area contributed by atoms with Crippen LogP contribution >= 0.6 is 11.3 Å². The molecule has 0 saturated carbocycles. The van der Waals surface area contributed by atoms with E-state index in [0.29, 0.717) is 6.54 Å². The number of hydrogen-bond donors (Lipinski definition) is 1. The second kappa shape index (κ2) is 6.86. The minimum atomic E-state index is -0.00241. The number of aryl methyl sites for hydroxylation is 3. The highest BCUT2D eigenvalue weighted by Crippen LogP contribution is 2.14. The minimum Gasteiger partial charge on any atom is -0.301 e. The normalized spacial score (nSPS) is 11.7. The van der Waals surface area contributed by atoms with Gasteiger partial charge in [0.2, 0.25) is 0 Å². The fraction of sp³-hybridized carbons (Fsp3) is 0.471. The van der Waals surface area contributed by atoms with Gasteiger partial charge in [0.05, 0.1) is 11.4 Å². The Balaban J connectivity index is 1.60. The largest absolute Gasteiger partial charge is 0.301 e. The maximum Gasteiger partial charge on any atom is 0.258 e. The van der Waals surface area contributed by atoms with Gasteiger partial charge in [-0.1, -0.05) is 0 Å². The van der Waals surface area contributed by atoms with Crippen LogP contribution in [0, 0.1) is 20.8 Å². The molecule has 0 radical (unpaired) electrons. The van der Waals surface area contributed by atoms with Crippen molar-refractivity contribution in [1.82, 2.24) is 24.5 Å². The molecule has 24 heavy (non-hydrogen) atoms. The van der Waals surface area contributed by atoms with Crippen molar-refractivity contribution >= 4 is 16.3 Å². The summed E-state index contributed by atoms with van der Waals surface area (Å²) in [5, 5.41) is 7.27. The number of thiazole rings is 1. The van der Waals surface area contributed by atoms with E-state index in [1.54, 1.807) is 21.8 Å². The molecule has 3 aromatic heterocycles. The van der Waals surface area contributed by atoms with E-state index >= 15 is 0 Å². The van der Waals surface area contributed by atoms with Gasteiger partial charge in [-0.25, -0.2) is 4.98 Å². The molecule has 3 rings (SSSR count). The van der Waals surface area contributed by atoms with Crippen LogP contribution in [0.2, 0.25) is 0 Å². The molecular weight excluding hydrogens is 322 g/mol. The first-order valence-corrected chi connectivity index (χ1v) is 8.93. The van der Waals surface area contributed by atoms with Crippen LogP contribution in [0.4, 0.5) is 0 Å². The molecule has 0 fully saturated rings. The average molecular weight is 345 g/mol. The monoisotopic (exact) mass is 345 g/mol. The highest BCUT2D eigenvalue weighted by molar-refractivity contribution is 7.16. The van der Waals surface area contributed by atoms with E-state index < -0.39 is 0 Å². The number of aromatic amines is 1. The van der Waals surface area contributed by atoms with Gasteiger partial charge in [-0.3, -0.25) is 14.3 Å². The molecule has 0 aliphatic rings. The number of fused-ring (bicyclic) bond motifs is 1. The SMILES string of the molecule is Cc1cn2c(=O)cc(CN(C)CCCc3c(C)n[nH]c3C)nc2s1. The van der Waals surface area contributed by atoms with Crippen LogP contribution in [0.5, 0.6) is 0 Å². The maximum atomic E-state index is 12.1. The first kappa shape index (κ1) is 16.9. The van der Waals surface area contributed by atoms with E-state index in [2.05, 4.69) is 34.1 Å². The molecule has 0 unspecified atom stereocenters. The summed E-state index contributed by atoms with van der Waals surface area (Å²) in [6.45, 7) is 7.73. The summed E-state index contributed by atoms with van der Waals surface area (Å²) in [7, 11) is 2.07. The Labute approximate surface area is 145 Å². The summed E-state index contributed by atoms with van der Waals surface area (Å²) in [5.74, 6) is 0. The molecule has 0 atom stereocenters. The summed E-state index contributed by atoms with van der Waals surface area (Å²) < 4.78 is 1.62. The lowest BCUT2D eigenvalue weighted by Gasteiger charge is -2.16. The lowest BCUT2D eigenvalue weighted by Crippen LogP contribution is -2.22. The molecule has 0 aliphatic heterocycles. The van der Waals surface area contributed by atoms with Gasteiger partial charge in [-0.05, 0) is 52.8 Å².